The highest BCUT2D eigenvalue weighted by molar-refractivity contribution is 9.11. The number of rotatable bonds is 1. The van der Waals surface area contributed by atoms with E-state index < -0.39 is 6.10 Å². The molecule has 0 saturated carbocycles. The molecule has 8 atom stereocenters. The van der Waals surface area contributed by atoms with Crippen LogP contribution in [0.25, 0.3) is 0 Å². The predicted octanol–water partition coefficient (Wildman–Crippen LogP) is 4.27. The maximum Gasteiger partial charge on any atom is 0.0858 e. The zero-order chi connectivity index (χ0) is 16.3. The molecule has 0 amide bonds. The molecule has 2 saturated heterocycles. The molecule has 22 heavy (non-hydrogen) atoms. The first-order valence-electron chi connectivity index (χ1n) is 7.34. The smallest absolute Gasteiger partial charge is 0.0858 e. The van der Waals surface area contributed by atoms with Gasteiger partial charge in [0, 0.05) is 16.2 Å². The maximum absolute atomic E-state index is 10.4. The van der Waals surface area contributed by atoms with E-state index in [4.69, 9.17) is 21.1 Å². The normalized spacial score (nSPS) is 46.5. The summed E-state index contributed by atoms with van der Waals surface area (Å²) in [5.41, 5.74) is 2.96. The molecule has 126 valence electrons. The van der Waals surface area contributed by atoms with E-state index in [1.165, 1.54) is 0 Å². The van der Waals surface area contributed by atoms with Crippen LogP contribution in [-0.4, -0.2) is 50.7 Å². The van der Waals surface area contributed by atoms with Crippen LogP contribution >= 0.6 is 59.4 Å². The van der Waals surface area contributed by atoms with E-state index in [1.54, 1.807) is 4.99 Å². The molecule has 2 fully saturated rings. The fraction of sp³-hybridized carbons (Fsp3) is 0.800. The lowest BCUT2D eigenvalue weighted by atomic mass is 10.0. The Hall–Kier alpha value is 1.13. The average molecular weight is 523 g/mol. The number of aliphatic hydroxyl groups is 1. The SMILES string of the molecule is CC1OC(C=C=CBr)CC(O)C(Cl)CC2OC(CC2Br)C1Br. The van der Waals surface area contributed by atoms with Gasteiger partial charge in [-0.2, -0.15) is 0 Å². The molecule has 1 N–H and O–H groups in total. The summed E-state index contributed by atoms with van der Waals surface area (Å²) in [6.45, 7) is 2.01. The van der Waals surface area contributed by atoms with Crippen LogP contribution in [-0.2, 0) is 9.47 Å². The number of fused-ring (bicyclic) bond motifs is 2. The van der Waals surface area contributed by atoms with E-state index in [9.17, 15) is 5.11 Å². The minimum absolute atomic E-state index is 0.0175. The minimum atomic E-state index is -0.651. The number of aliphatic hydroxyl groups excluding tert-OH is 1. The highest BCUT2D eigenvalue weighted by Crippen LogP contribution is 2.37. The van der Waals surface area contributed by atoms with Crippen LogP contribution in [0.3, 0.4) is 0 Å². The van der Waals surface area contributed by atoms with E-state index in [-0.39, 0.29) is 39.4 Å². The van der Waals surface area contributed by atoms with Gasteiger partial charge in [-0.15, -0.1) is 17.3 Å². The molecule has 2 aliphatic rings. The van der Waals surface area contributed by atoms with Crippen molar-refractivity contribution in [2.24, 2.45) is 0 Å². The second-order valence-corrected chi connectivity index (χ2v) is 9.04. The summed E-state index contributed by atoms with van der Waals surface area (Å²) in [4.78, 5) is 1.98. The largest absolute Gasteiger partial charge is 0.391 e. The van der Waals surface area contributed by atoms with Crippen molar-refractivity contribution in [2.75, 3.05) is 0 Å². The van der Waals surface area contributed by atoms with Gasteiger partial charge >= 0.3 is 0 Å². The first kappa shape index (κ1) is 19.5. The second kappa shape index (κ2) is 9.00. The van der Waals surface area contributed by atoms with Crippen molar-refractivity contribution >= 4 is 59.4 Å². The molecule has 0 aliphatic carbocycles. The number of hydrogen-bond acceptors (Lipinski definition) is 3. The molecule has 0 aromatic heterocycles. The zero-order valence-corrected chi connectivity index (χ0v) is 17.7. The number of halogens is 4. The maximum atomic E-state index is 10.4. The van der Waals surface area contributed by atoms with E-state index in [2.05, 4.69) is 53.5 Å². The van der Waals surface area contributed by atoms with Crippen LogP contribution in [0.15, 0.2) is 16.8 Å². The summed E-state index contributed by atoms with van der Waals surface area (Å²) in [6, 6.07) is 0. The summed E-state index contributed by atoms with van der Waals surface area (Å²) in [7, 11) is 0. The molecular formula is C15H20Br3ClO3. The second-order valence-electron chi connectivity index (χ2n) is 5.79. The average Bonchev–Trinajstić information content (AvgIpc) is 2.83. The standard InChI is InChI=1S/C15H20Br3ClO3/c1-8-15(18)14-6-10(17)13(22-14)7-11(19)12(20)5-9(21-8)3-2-4-16/h3-4,8-15,20H,5-7H2,1H3. The van der Waals surface area contributed by atoms with Gasteiger partial charge in [-0.1, -0.05) is 47.8 Å². The lowest BCUT2D eigenvalue weighted by molar-refractivity contribution is -0.0237. The van der Waals surface area contributed by atoms with E-state index in [0.29, 0.717) is 12.8 Å². The van der Waals surface area contributed by atoms with Crippen molar-refractivity contribution in [2.45, 2.75) is 71.7 Å². The van der Waals surface area contributed by atoms with Crippen molar-refractivity contribution in [3.8, 4) is 0 Å². The summed E-state index contributed by atoms with van der Waals surface area (Å²) < 4.78 is 12.2. The lowest BCUT2D eigenvalue weighted by Gasteiger charge is -2.27. The fourth-order valence-electron chi connectivity index (χ4n) is 2.87. The predicted molar refractivity (Wildman–Crippen MR) is 99.5 cm³/mol. The number of ether oxygens (including phenoxy) is 2. The van der Waals surface area contributed by atoms with E-state index in [1.807, 2.05) is 13.0 Å². The highest BCUT2D eigenvalue weighted by Gasteiger charge is 2.41. The molecule has 0 spiro atoms. The molecule has 2 heterocycles. The monoisotopic (exact) mass is 520 g/mol. The van der Waals surface area contributed by atoms with Crippen LogP contribution in [0, 0.1) is 0 Å². The lowest BCUT2D eigenvalue weighted by Crippen LogP contribution is -2.36. The van der Waals surface area contributed by atoms with Crippen molar-refractivity contribution in [1.82, 2.24) is 0 Å². The molecule has 7 heteroatoms. The fourth-order valence-corrected chi connectivity index (χ4v) is 4.48. The topological polar surface area (TPSA) is 38.7 Å². The van der Waals surface area contributed by atoms with Gasteiger partial charge in [-0.25, -0.2) is 0 Å². The van der Waals surface area contributed by atoms with E-state index >= 15 is 0 Å². The number of alkyl halides is 3. The third-order valence-electron chi connectivity index (χ3n) is 4.10. The molecule has 2 aliphatic heterocycles. The third kappa shape index (κ3) is 5.06. The Morgan fingerprint density at radius 3 is 2.59 bits per heavy atom. The van der Waals surface area contributed by atoms with Crippen LogP contribution in [0.5, 0.6) is 0 Å². The Bertz CT molecular complexity index is 430. The van der Waals surface area contributed by atoms with Gasteiger partial charge in [-0.3, -0.25) is 0 Å². The van der Waals surface area contributed by atoms with Crippen LogP contribution in [0.2, 0.25) is 0 Å². The van der Waals surface area contributed by atoms with Gasteiger partial charge in [0.1, 0.15) is 0 Å². The molecule has 0 aromatic carbocycles. The van der Waals surface area contributed by atoms with E-state index in [0.717, 1.165) is 6.42 Å². The first-order valence-corrected chi connectivity index (χ1v) is 10.5. The van der Waals surface area contributed by atoms with Gasteiger partial charge in [0.15, 0.2) is 0 Å². The van der Waals surface area contributed by atoms with Gasteiger partial charge in [0.05, 0.1) is 40.7 Å². The molecule has 8 unspecified atom stereocenters. The van der Waals surface area contributed by atoms with Crippen molar-refractivity contribution in [3.05, 3.63) is 16.8 Å². The molecule has 2 bridgehead atoms. The first-order chi connectivity index (χ1) is 10.4. The molecule has 2 rings (SSSR count). The van der Waals surface area contributed by atoms with Crippen LogP contribution < -0.4 is 0 Å². The quantitative estimate of drug-likeness (QED) is 0.412. The molecule has 3 nitrogen and oxygen atoms in total. The zero-order valence-electron chi connectivity index (χ0n) is 12.2. The highest BCUT2D eigenvalue weighted by atomic mass is 79.9. The molecule has 0 radical (unpaired) electrons. The van der Waals surface area contributed by atoms with Crippen LogP contribution in [0.4, 0.5) is 0 Å². The molecular weight excluding hydrogens is 503 g/mol. The molecule has 0 aromatic rings. The summed E-state index contributed by atoms with van der Waals surface area (Å²) in [6.07, 6.45) is 2.91. The summed E-state index contributed by atoms with van der Waals surface area (Å²) in [5.74, 6) is 0. The van der Waals surface area contributed by atoms with Crippen molar-refractivity contribution in [3.63, 3.8) is 0 Å². The van der Waals surface area contributed by atoms with Gasteiger partial charge < -0.3 is 14.6 Å². The van der Waals surface area contributed by atoms with Gasteiger partial charge in [-0.05, 0) is 25.8 Å². The Labute approximate surface area is 161 Å². The Balaban J connectivity index is 2.20. The van der Waals surface area contributed by atoms with Crippen LogP contribution in [0.1, 0.15) is 26.2 Å². The van der Waals surface area contributed by atoms with Crippen molar-refractivity contribution < 1.29 is 14.6 Å². The minimum Gasteiger partial charge on any atom is -0.391 e. The Morgan fingerprint density at radius 1 is 1.18 bits per heavy atom. The third-order valence-corrected chi connectivity index (χ3v) is 7.13. The summed E-state index contributed by atoms with van der Waals surface area (Å²) in [5, 5.41) is 10.00. The van der Waals surface area contributed by atoms with Gasteiger partial charge in [0.2, 0.25) is 0 Å². The Kier molecular flexibility index (Phi) is 7.96. The summed E-state index contributed by atoms with van der Waals surface area (Å²) >= 11 is 17.0. The number of hydrogen-bond donors (Lipinski definition) is 1. The van der Waals surface area contributed by atoms with Crippen molar-refractivity contribution in [1.29, 1.82) is 0 Å². The van der Waals surface area contributed by atoms with Gasteiger partial charge in [0.25, 0.3) is 0 Å². The Morgan fingerprint density at radius 2 is 1.91 bits per heavy atom.